The van der Waals surface area contributed by atoms with Gasteiger partial charge in [-0.3, -0.25) is 14.4 Å². The highest BCUT2D eigenvalue weighted by Crippen LogP contribution is 2.41. The Labute approximate surface area is 213 Å². The maximum atomic E-state index is 13.5. The van der Waals surface area contributed by atoms with Gasteiger partial charge in [-0.15, -0.1) is 0 Å². The molecule has 0 N–H and O–H groups in total. The zero-order valence-electron chi connectivity index (χ0n) is 21.9. The quantitative estimate of drug-likeness (QED) is 0.620. The minimum Gasteiger partial charge on any atom is -0.486 e. The summed E-state index contributed by atoms with van der Waals surface area (Å²) in [7, 11) is 0. The summed E-state index contributed by atoms with van der Waals surface area (Å²) in [6.07, 6.45) is 3.55. The van der Waals surface area contributed by atoms with Crippen molar-refractivity contribution in [2.75, 3.05) is 24.5 Å². The normalized spacial score (nSPS) is 21.1. The van der Waals surface area contributed by atoms with Gasteiger partial charge >= 0.3 is 0 Å². The Morgan fingerprint density at radius 1 is 1.06 bits per heavy atom. The second-order valence-corrected chi connectivity index (χ2v) is 10.7. The van der Waals surface area contributed by atoms with Crippen LogP contribution in [-0.2, 0) is 22.4 Å². The number of hydrogen-bond donors (Lipinski definition) is 0. The summed E-state index contributed by atoms with van der Waals surface area (Å²) in [6, 6.07) is 10.2. The first-order valence-corrected chi connectivity index (χ1v) is 13.3. The van der Waals surface area contributed by atoms with E-state index in [-0.39, 0.29) is 29.9 Å². The van der Waals surface area contributed by atoms with Gasteiger partial charge in [-0.2, -0.15) is 0 Å². The third-order valence-corrected chi connectivity index (χ3v) is 8.23. The molecule has 0 radical (unpaired) electrons. The lowest BCUT2D eigenvalue weighted by atomic mass is 9.81. The summed E-state index contributed by atoms with van der Waals surface area (Å²) in [5, 5.41) is 0. The number of anilines is 1. The number of ether oxygens (including phenoxy) is 1. The standard InChI is InChI=1S/C30H36N2O4/c1-5-21-8-7-9-22(6-2)28(21)32-18-23(16-26(32)34)29(35)31-12-10-30(11-13-31)17-24(33)27-20(4)14-19(3)15-25(27)36-30/h7-9,14-15,23H,5-6,10-13,16-18H2,1-4H3. The summed E-state index contributed by atoms with van der Waals surface area (Å²) >= 11 is 0. The molecule has 36 heavy (non-hydrogen) atoms. The fourth-order valence-corrected chi connectivity index (χ4v) is 6.34. The zero-order valence-corrected chi connectivity index (χ0v) is 21.9. The molecular weight excluding hydrogens is 452 g/mol. The third-order valence-electron chi connectivity index (χ3n) is 8.23. The summed E-state index contributed by atoms with van der Waals surface area (Å²) < 4.78 is 6.47. The van der Waals surface area contributed by atoms with Crippen LogP contribution in [0.2, 0.25) is 0 Å². The van der Waals surface area contributed by atoms with Gasteiger partial charge in [-0.25, -0.2) is 0 Å². The molecule has 1 spiro atoms. The number of amides is 2. The number of rotatable bonds is 4. The number of nitrogens with zero attached hydrogens (tertiary/aromatic N) is 2. The molecule has 2 amide bonds. The maximum Gasteiger partial charge on any atom is 0.228 e. The number of benzene rings is 2. The molecule has 0 aliphatic carbocycles. The third kappa shape index (κ3) is 4.21. The summed E-state index contributed by atoms with van der Waals surface area (Å²) in [4.78, 5) is 43.3. The average Bonchev–Trinajstić information content (AvgIpc) is 3.23. The number of Topliss-reactive ketones (excluding diaryl/α,β-unsaturated/α-hetero) is 1. The monoisotopic (exact) mass is 488 g/mol. The number of fused-ring (bicyclic) bond motifs is 1. The highest BCUT2D eigenvalue weighted by molar-refractivity contribution is 6.02. The van der Waals surface area contributed by atoms with Crippen molar-refractivity contribution in [3.63, 3.8) is 0 Å². The first kappa shape index (κ1) is 24.5. The van der Waals surface area contributed by atoms with Crippen LogP contribution in [0.5, 0.6) is 5.75 Å². The molecular formula is C30H36N2O4. The topological polar surface area (TPSA) is 66.9 Å². The molecule has 0 bridgehead atoms. The lowest BCUT2D eigenvalue weighted by Gasteiger charge is -2.44. The predicted octanol–water partition coefficient (Wildman–Crippen LogP) is 4.81. The molecule has 3 aliphatic rings. The molecule has 0 aromatic heterocycles. The number of ketones is 1. The highest BCUT2D eigenvalue weighted by atomic mass is 16.5. The van der Waals surface area contributed by atoms with E-state index in [1.165, 1.54) is 0 Å². The Bertz CT molecular complexity index is 1200. The highest BCUT2D eigenvalue weighted by Gasteiger charge is 2.46. The van der Waals surface area contributed by atoms with Gasteiger partial charge in [-0.05, 0) is 55.0 Å². The van der Waals surface area contributed by atoms with Crippen LogP contribution >= 0.6 is 0 Å². The smallest absolute Gasteiger partial charge is 0.228 e. The van der Waals surface area contributed by atoms with Crippen molar-refractivity contribution < 1.29 is 19.1 Å². The van der Waals surface area contributed by atoms with E-state index in [1.54, 1.807) is 0 Å². The van der Waals surface area contributed by atoms with E-state index in [0.29, 0.717) is 50.2 Å². The molecule has 3 heterocycles. The molecule has 6 nitrogen and oxygen atoms in total. The largest absolute Gasteiger partial charge is 0.486 e. The number of para-hydroxylation sites is 1. The summed E-state index contributed by atoms with van der Waals surface area (Å²) in [6.45, 7) is 9.70. The SMILES string of the molecule is CCc1cccc(CC)c1N1CC(C(=O)N2CCC3(CC2)CC(=O)c2c(C)cc(C)cc2O3)CC1=O. The van der Waals surface area contributed by atoms with Crippen molar-refractivity contribution in [2.24, 2.45) is 5.92 Å². The van der Waals surface area contributed by atoms with Gasteiger partial charge in [-0.1, -0.05) is 38.1 Å². The van der Waals surface area contributed by atoms with E-state index in [9.17, 15) is 14.4 Å². The van der Waals surface area contributed by atoms with Crippen LogP contribution in [0.1, 0.15) is 72.1 Å². The molecule has 5 rings (SSSR count). The molecule has 2 saturated heterocycles. The van der Waals surface area contributed by atoms with E-state index in [2.05, 4.69) is 26.0 Å². The van der Waals surface area contributed by atoms with E-state index in [1.807, 2.05) is 41.8 Å². The van der Waals surface area contributed by atoms with Gasteiger partial charge in [0.2, 0.25) is 11.8 Å². The second kappa shape index (κ2) is 9.38. The van der Waals surface area contributed by atoms with E-state index < -0.39 is 5.60 Å². The van der Waals surface area contributed by atoms with Gasteiger partial charge in [0, 0.05) is 44.6 Å². The van der Waals surface area contributed by atoms with Crippen LogP contribution in [0.25, 0.3) is 0 Å². The number of aryl methyl sites for hydroxylation is 4. The molecule has 2 aromatic rings. The van der Waals surface area contributed by atoms with Crippen molar-refractivity contribution in [2.45, 2.75) is 71.8 Å². The zero-order chi connectivity index (χ0) is 25.6. The number of carbonyl (C=O) groups excluding carboxylic acids is 3. The molecule has 1 atom stereocenters. The molecule has 0 saturated carbocycles. The van der Waals surface area contributed by atoms with Gasteiger partial charge in [0.1, 0.15) is 11.4 Å². The van der Waals surface area contributed by atoms with Gasteiger partial charge in [0.15, 0.2) is 5.78 Å². The number of hydrogen-bond acceptors (Lipinski definition) is 4. The van der Waals surface area contributed by atoms with Crippen molar-refractivity contribution >= 4 is 23.3 Å². The predicted molar refractivity (Wildman–Crippen MR) is 140 cm³/mol. The number of piperidine rings is 1. The molecule has 1 unspecified atom stereocenters. The molecule has 3 aliphatic heterocycles. The van der Waals surface area contributed by atoms with Crippen molar-refractivity contribution in [1.82, 2.24) is 4.90 Å². The number of carbonyl (C=O) groups is 3. The lowest BCUT2D eigenvalue weighted by molar-refractivity contribution is -0.139. The summed E-state index contributed by atoms with van der Waals surface area (Å²) in [5.41, 5.74) is 5.50. The minimum atomic E-state index is -0.547. The fraction of sp³-hybridized carbons (Fsp3) is 0.500. The van der Waals surface area contributed by atoms with Crippen LogP contribution < -0.4 is 9.64 Å². The van der Waals surface area contributed by atoms with E-state index in [4.69, 9.17) is 4.74 Å². The van der Waals surface area contributed by atoms with Gasteiger partial charge in [0.05, 0.1) is 17.9 Å². The lowest BCUT2D eigenvalue weighted by Crippen LogP contribution is -2.53. The Hall–Kier alpha value is -3.15. The van der Waals surface area contributed by atoms with Crippen LogP contribution in [0.15, 0.2) is 30.3 Å². The number of likely N-dealkylation sites (tertiary alicyclic amines) is 1. The van der Waals surface area contributed by atoms with E-state index in [0.717, 1.165) is 40.8 Å². The minimum absolute atomic E-state index is 0.0287. The van der Waals surface area contributed by atoms with Gasteiger partial charge in [0.25, 0.3) is 0 Å². The fourth-order valence-electron chi connectivity index (χ4n) is 6.34. The van der Waals surface area contributed by atoms with Crippen LogP contribution in [0.3, 0.4) is 0 Å². The summed E-state index contributed by atoms with van der Waals surface area (Å²) in [5.74, 6) is 0.554. The first-order valence-electron chi connectivity index (χ1n) is 13.3. The van der Waals surface area contributed by atoms with Gasteiger partial charge < -0.3 is 14.5 Å². The molecule has 2 fully saturated rings. The Morgan fingerprint density at radius 2 is 1.72 bits per heavy atom. The first-order chi connectivity index (χ1) is 17.2. The average molecular weight is 489 g/mol. The Morgan fingerprint density at radius 3 is 2.36 bits per heavy atom. The van der Waals surface area contributed by atoms with E-state index >= 15 is 0 Å². The molecule has 190 valence electrons. The van der Waals surface area contributed by atoms with Crippen LogP contribution in [0.4, 0.5) is 5.69 Å². The van der Waals surface area contributed by atoms with Crippen molar-refractivity contribution in [3.05, 3.63) is 58.1 Å². The van der Waals surface area contributed by atoms with Crippen molar-refractivity contribution in [3.8, 4) is 5.75 Å². The maximum absolute atomic E-state index is 13.5. The Kier molecular flexibility index (Phi) is 6.39. The van der Waals surface area contributed by atoms with Crippen molar-refractivity contribution in [1.29, 1.82) is 0 Å². The van der Waals surface area contributed by atoms with Crippen LogP contribution in [0, 0.1) is 19.8 Å². The molecule has 6 heteroatoms. The Balaban J connectivity index is 1.28. The van der Waals surface area contributed by atoms with Crippen LogP contribution in [-0.4, -0.2) is 47.7 Å². The molecule has 2 aromatic carbocycles. The second-order valence-electron chi connectivity index (χ2n) is 10.7.